The number of nitrogens with one attached hydrogen (secondary N) is 1. The quantitative estimate of drug-likeness (QED) is 0.893. The molecule has 2 rings (SSSR count). The summed E-state index contributed by atoms with van der Waals surface area (Å²) >= 11 is 0. The SMILES string of the molecule is CC(C)CC(=O)NCc1ccc(N2CCN(C)CC2)nc1. The predicted octanol–water partition coefficient (Wildman–Crippen LogP) is 1.50. The van der Waals surface area contributed by atoms with Crippen molar-refractivity contribution in [3.63, 3.8) is 0 Å². The number of hydrogen-bond acceptors (Lipinski definition) is 4. The molecule has 1 aromatic rings. The fourth-order valence-corrected chi connectivity index (χ4v) is 2.39. The summed E-state index contributed by atoms with van der Waals surface area (Å²) < 4.78 is 0. The lowest BCUT2D eigenvalue weighted by Gasteiger charge is -2.33. The number of carbonyl (C=O) groups is 1. The molecule has 0 saturated carbocycles. The van der Waals surface area contributed by atoms with Crippen molar-refractivity contribution < 1.29 is 4.79 Å². The lowest BCUT2D eigenvalue weighted by molar-refractivity contribution is -0.121. The normalized spacial score (nSPS) is 16.3. The monoisotopic (exact) mass is 290 g/mol. The third kappa shape index (κ3) is 5.01. The maximum Gasteiger partial charge on any atom is 0.220 e. The van der Waals surface area contributed by atoms with Crippen molar-refractivity contribution in [2.45, 2.75) is 26.8 Å². The Hall–Kier alpha value is -1.62. The van der Waals surface area contributed by atoms with Crippen molar-refractivity contribution in [1.29, 1.82) is 0 Å². The highest BCUT2D eigenvalue weighted by Crippen LogP contribution is 2.13. The van der Waals surface area contributed by atoms with Crippen molar-refractivity contribution >= 4 is 11.7 Å². The first-order valence-corrected chi connectivity index (χ1v) is 7.69. The largest absolute Gasteiger partial charge is 0.354 e. The number of anilines is 1. The van der Waals surface area contributed by atoms with Gasteiger partial charge in [0.2, 0.25) is 5.91 Å². The van der Waals surface area contributed by atoms with Gasteiger partial charge in [0.15, 0.2) is 0 Å². The number of hydrogen-bond donors (Lipinski definition) is 1. The van der Waals surface area contributed by atoms with Crippen molar-refractivity contribution in [1.82, 2.24) is 15.2 Å². The summed E-state index contributed by atoms with van der Waals surface area (Å²) in [4.78, 5) is 20.8. The molecule has 0 spiro atoms. The maximum atomic E-state index is 11.6. The highest BCUT2D eigenvalue weighted by atomic mass is 16.1. The number of nitrogens with zero attached hydrogens (tertiary/aromatic N) is 3. The molecule has 1 aliphatic rings. The minimum Gasteiger partial charge on any atom is -0.354 e. The average molecular weight is 290 g/mol. The van der Waals surface area contributed by atoms with Crippen LogP contribution in [0.15, 0.2) is 18.3 Å². The molecule has 21 heavy (non-hydrogen) atoms. The van der Waals surface area contributed by atoms with Gasteiger partial charge in [0.05, 0.1) is 0 Å². The number of likely N-dealkylation sites (N-methyl/N-ethyl adjacent to an activating group) is 1. The number of aromatic nitrogens is 1. The summed E-state index contributed by atoms with van der Waals surface area (Å²) in [5.41, 5.74) is 1.05. The van der Waals surface area contributed by atoms with Gasteiger partial charge in [-0.1, -0.05) is 19.9 Å². The Morgan fingerprint density at radius 3 is 2.57 bits per heavy atom. The minimum atomic E-state index is 0.105. The van der Waals surface area contributed by atoms with E-state index in [0.717, 1.165) is 37.6 Å². The fraction of sp³-hybridized carbons (Fsp3) is 0.625. The molecule has 5 heteroatoms. The van der Waals surface area contributed by atoms with Crippen molar-refractivity contribution in [2.75, 3.05) is 38.1 Å². The predicted molar refractivity (Wildman–Crippen MR) is 85.2 cm³/mol. The Bertz CT molecular complexity index is 450. The van der Waals surface area contributed by atoms with E-state index in [0.29, 0.717) is 18.9 Å². The molecule has 1 N–H and O–H groups in total. The van der Waals surface area contributed by atoms with Crippen LogP contribution >= 0.6 is 0 Å². The fourth-order valence-electron chi connectivity index (χ4n) is 2.39. The molecule has 0 radical (unpaired) electrons. The van der Waals surface area contributed by atoms with Crippen LogP contribution in [-0.4, -0.2) is 49.0 Å². The average Bonchev–Trinajstić information content (AvgIpc) is 2.46. The first-order chi connectivity index (χ1) is 10.0. The topological polar surface area (TPSA) is 48.5 Å². The van der Waals surface area contributed by atoms with Crippen molar-refractivity contribution in [2.24, 2.45) is 5.92 Å². The van der Waals surface area contributed by atoms with Gasteiger partial charge in [-0.15, -0.1) is 0 Å². The molecule has 0 atom stereocenters. The molecule has 0 aliphatic carbocycles. The molecule has 116 valence electrons. The standard InChI is InChI=1S/C16H26N4O/c1-13(2)10-16(21)18-12-14-4-5-15(17-11-14)20-8-6-19(3)7-9-20/h4-5,11,13H,6-10,12H2,1-3H3,(H,18,21). The molecule has 0 aromatic carbocycles. The Kier molecular flexibility index (Phi) is 5.56. The van der Waals surface area contributed by atoms with Crippen LogP contribution in [0.4, 0.5) is 5.82 Å². The molecular weight excluding hydrogens is 264 g/mol. The zero-order valence-electron chi connectivity index (χ0n) is 13.3. The number of carbonyl (C=O) groups excluding carboxylic acids is 1. The minimum absolute atomic E-state index is 0.105. The van der Waals surface area contributed by atoms with E-state index in [1.54, 1.807) is 0 Å². The van der Waals surface area contributed by atoms with Gasteiger partial charge in [0.25, 0.3) is 0 Å². The van der Waals surface area contributed by atoms with Crippen LogP contribution in [0.5, 0.6) is 0 Å². The highest BCUT2D eigenvalue weighted by molar-refractivity contribution is 5.76. The molecular formula is C16H26N4O. The number of rotatable bonds is 5. The zero-order valence-corrected chi connectivity index (χ0v) is 13.3. The Morgan fingerprint density at radius 1 is 1.29 bits per heavy atom. The van der Waals surface area contributed by atoms with Gasteiger partial charge in [-0.25, -0.2) is 4.98 Å². The third-order valence-electron chi connectivity index (χ3n) is 3.72. The lowest BCUT2D eigenvalue weighted by Crippen LogP contribution is -2.44. The summed E-state index contributed by atoms with van der Waals surface area (Å²) in [6.45, 7) is 8.85. The Labute approximate surface area is 127 Å². The van der Waals surface area contributed by atoms with Crippen molar-refractivity contribution in [3.05, 3.63) is 23.9 Å². The van der Waals surface area contributed by atoms with Crippen LogP contribution in [0.3, 0.4) is 0 Å². The van der Waals surface area contributed by atoms with E-state index in [-0.39, 0.29) is 5.91 Å². The zero-order chi connectivity index (χ0) is 15.2. The smallest absolute Gasteiger partial charge is 0.220 e. The summed E-state index contributed by atoms with van der Waals surface area (Å²) in [7, 11) is 2.15. The van der Waals surface area contributed by atoms with Crippen LogP contribution < -0.4 is 10.2 Å². The second-order valence-corrected chi connectivity index (χ2v) is 6.19. The Balaban J connectivity index is 1.83. The van der Waals surface area contributed by atoms with Gasteiger partial charge in [-0.3, -0.25) is 4.79 Å². The second kappa shape index (κ2) is 7.41. The number of pyridine rings is 1. The van der Waals surface area contributed by atoms with Crippen LogP contribution in [0.1, 0.15) is 25.8 Å². The first-order valence-electron chi connectivity index (χ1n) is 7.69. The van der Waals surface area contributed by atoms with Gasteiger partial charge >= 0.3 is 0 Å². The van der Waals surface area contributed by atoms with Gasteiger partial charge in [-0.2, -0.15) is 0 Å². The second-order valence-electron chi connectivity index (χ2n) is 6.19. The highest BCUT2D eigenvalue weighted by Gasteiger charge is 2.14. The maximum absolute atomic E-state index is 11.6. The summed E-state index contributed by atoms with van der Waals surface area (Å²) in [5.74, 6) is 1.52. The molecule has 1 fully saturated rings. The third-order valence-corrected chi connectivity index (χ3v) is 3.72. The summed E-state index contributed by atoms with van der Waals surface area (Å²) in [6.07, 6.45) is 2.44. The molecule has 0 unspecified atom stereocenters. The molecule has 1 aliphatic heterocycles. The van der Waals surface area contributed by atoms with E-state index < -0.39 is 0 Å². The Morgan fingerprint density at radius 2 is 2.00 bits per heavy atom. The van der Waals surface area contributed by atoms with Gasteiger partial charge in [0.1, 0.15) is 5.82 Å². The molecule has 2 heterocycles. The van der Waals surface area contributed by atoms with Crippen LogP contribution in [0, 0.1) is 5.92 Å². The van der Waals surface area contributed by atoms with E-state index >= 15 is 0 Å². The molecule has 1 amide bonds. The molecule has 1 saturated heterocycles. The molecule has 0 bridgehead atoms. The van der Waals surface area contributed by atoms with E-state index in [9.17, 15) is 4.79 Å². The van der Waals surface area contributed by atoms with Gasteiger partial charge < -0.3 is 15.1 Å². The van der Waals surface area contributed by atoms with E-state index in [4.69, 9.17) is 0 Å². The number of amides is 1. The number of piperazine rings is 1. The molecule has 5 nitrogen and oxygen atoms in total. The van der Waals surface area contributed by atoms with Crippen molar-refractivity contribution in [3.8, 4) is 0 Å². The van der Waals surface area contributed by atoms with Crippen LogP contribution in [0.25, 0.3) is 0 Å². The molecule has 1 aromatic heterocycles. The summed E-state index contributed by atoms with van der Waals surface area (Å²) in [6, 6.07) is 4.10. The summed E-state index contributed by atoms with van der Waals surface area (Å²) in [5, 5.41) is 2.94. The van der Waals surface area contributed by atoms with Gasteiger partial charge in [0, 0.05) is 45.3 Å². The van der Waals surface area contributed by atoms with E-state index in [1.165, 1.54) is 0 Å². The van der Waals surface area contributed by atoms with Crippen LogP contribution in [-0.2, 0) is 11.3 Å². The van der Waals surface area contributed by atoms with E-state index in [1.807, 2.05) is 20.0 Å². The van der Waals surface area contributed by atoms with Crippen LogP contribution in [0.2, 0.25) is 0 Å². The van der Waals surface area contributed by atoms with E-state index in [2.05, 4.69) is 39.3 Å². The van der Waals surface area contributed by atoms with Gasteiger partial charge in [-0.05, 0) is 24.6 Å². The first kappa shape index (κ1) is 15.8. The lowest BCUT2D eigenvalue weighted by atomic mass is 10.1.